The fraction of sp³-hybridized carbons (Fsp3) is 0.462. The first kappa shape index (κ1) is 17.1. The van der Waals surface area contributed by atoms with Crippen molar-refractivity contribution in [3.8, 4) is 0 Å². The van der Waals surface area contributed by atoms with Gasteiger partial charge in [0.1, 0.15) is 6.54 Å². The third kappa shape index (κ3) is 3.80. The fourth-order valence-corrected chi connectivity index (χ4v) is 4.63. The van der Waals surface area contributed by atoms with E-state index >= 15 is 0 Å². The number of sulfonamides is 1. The van der Waals surface area contributed by atoms with E-state index in [1.807, 2.05) is 6.92 Å². The number of nitrogens with zero attached hydrogens (tertiary/aromatic N) is 1. The Balaban J connectivity index is 3.40. The third-order valence-electron chi connectivity index (χ3n) is 2.68. The molecule has 0 unspecified atom stereocenters. The van der Waals surface area contributed by atoms with Crippen LogP contribution in [0.15, 0.2) is 27.6 Å². The molecule has 0 spiro atoms. The number of hydrogen-bond acceptors (Lipinski definition) is 3. The minimum atomic E-state index is -3.90. The Morgan fingerprint density at radius 3 is 2.30 bits per heavy atom. The maximum absolute atomic E-state index is 12.7. The number of aryl methyl sites for hydroxylation is 1. The van der Waals surface area contributed by atoms with Gasteiger partial charge in [0.05, 0.1) is 4.90 Å². The molecule has 1 rings (SSSR count). The molecule has 112 valence electrons. The number of halogens is 1. The van der Waals surface area contributed by atoms with Crippen LogP contribution in [-0.4, -0.2) is 35.9 Å². The summed E-state index contributed by atoms with van der Waals surface area (Å²) in [4.78, 5) is 11.0. The normalized spacial score (nSPS) is 12.7. The lowest BCUT2D eigenvalue weighted by Crippen LogP contribution is -2.48. The summed E-state index contributed by atoms with van der Waals surface area (Å²) in [5.74, 6) is -1.19. The molecule has 20 heavy (non-hydrogen) atoms. The lowest BCUT2D eigenvalue weighted by atomic mass is 10.1. The lowest BCUT2D eigenvalue weighted by molar-refractivity contribution is -0.138. The molecule has 0 bridgehead atoms. The minimum absolute atomic E-state index is 0.0688. The zero-order valence-electron chi connectivity index (χ0n) is 11.8. The zero-order valence-corrected chi connectivity index (χ0v) is 14.2. The van der Waals surface area contributed by atoms with Crippen molar-refractivity contribution in [2.75, 3.05) is 6.54 Å². The van der Waals surface area contributed by atoms with E-state index in [-0.39, 0.29) is 4.90 Å². The monoisotopic (exact) mass is 363 g/mol. The average Bonchev–Trinajstić information content (AvgIpc) is 2.23. The Hall–Kier alpha value is -0.920. The summed E-state index contributed by atoms with van der Waals surface area (Å²) < 4.78 is 26.8. The summed E-state index contributed by atoms with van der Waals surface area (Å²) in [7, 11) is -3.90. The topological polar surface area (TPSA) is 74.7 Å². The molecule has 7 heteroatoms. The van der Waals surface area contributed by atoms with E-state index in [4.69, 9.17) is 5.11 Å². The van der Waals surface area contributed by atoms with E-state index in [9.17, 15) is 13.2 Å². The molecule has 1 aromatic carbocycles. The summed E-state index contributed by atoms with van der Waals surface area (Å²) in [5.41, 5.74) is 0.0815. The number of hydrogen-bond donors (Lipinski definition) is 1. The van der Waals surface area contributed by atoms with Crippen molar-refractivity contribution in [3.05, 3.63) is 28.2 Å². The van der Waals surface area contributed by atoms with Gasteiger partial charge in [-0.05, 0) is 61.3 Å². The number of rotatable bonds is 4. The van der Waals surface area contributed by atoms with Crippen molar-refractivity contribution in [1.82, 2.24) is 4.31 Å². The highest BCUT2D eigenvalue weighted by molar-refractivity contribution is 9.10. The molecule has 0 aromatic heterocycles. The molecule has 0 aliphatic carbocycles. The predicted octanol–water partition coefficient (Wildman–Crippen LogP) is 2.63. The van der Waals surface area contributed by atoms with Gasteiger partial charge in [0.2, 0.25) is 10.0 Å². The van der Waals surface area contributed by atoms with Crippen LogP contribution in [0.5, 0.6) is 0 Å². The van der Waals surface area contributed by atoms with Crippen LogP contribution >= 0.6 is 15.9 Å². The molecule has 5 nitrogen and oxygen atoms in total. The van der Waals surface area contributed by atoms with Gasteiger partial charge in [0.15, 0.2) is 0 Å². The average molecular weight is 364 g/mol. The first-order valence-electron chi connectivity index (χ1n) is 5.97. The second-order valence-corrected chi connectivity index (χ2v) is 8.20. The second kappa shape index (κ2) is 5.83. The molecule has 0 fully saturated rings. The first-order valence-corrected chi connectivity index (χ1v) is 8.20. The standard InChI is InChI=1S/C13H18BrNO4S/c1-9-5-6-11(10(14)7-9)20(18,19)15(8-12(16)17)13(2,3)4/h5-7H,8H2,1-4H3,(H,16,17). The van der Waals surface area contributed by atoms with Crippen molar-refractivity contribution in [2.24, 2.45) is 0 Å². The van der Waals surface area contributed by atoms with Crippen LogP contribution in [-0.2, 0) is 14.8 Å². The van der Waals surface area contributed by atoms with E-state index in [1.54, 1.807) is 32.9 Å². The van der Waals surface area contributed by atoms with Crippen molar-refractivity contribution in [3.63, 3.8) is 0 Å². The molecular formula is C13H18BrNO4S. The van der Waals surface area contributed by atoms with Crippen molar-refractivity contribution in [2.45, 2.75) is 38.1 Å². The van der Waals surface area contributed by atoms with E-state index in [2.05, 4.69) is 15.9 Å². The molecule has 1 aromatic rings. The number of carboxylic acid groups (broad SMARTS) is 1. The summed E-state index contributed by atoms with van der Waals surface area (Å²) in [6.07, 6.45) is 0. The molecule has 0 heterocycles. The molecular weight excluding hydrogens is 346 g/mol. The summed E-state index contributed by atoms with van der Waals surface area (Å²) in [6.45, 7) is 6.26. The first-order chi connectivity index (χ1) is 8.96. The van der Waals surface area contributed by atoms with Gasteiger partial charge in [-0.25, -0.2) is 8.42 Å². The SMILES string of the molecule is Cc1ccc(S(=O)(=O)N(CC(=O)O)C(C)(C)C)c(Br)c1. The minimum Gasteiger partial charge on any atom is -0.480 e. The number of benzene rings is 1. The van der Waals surface area contributed by atoms with Crippen LogP contribution in [0.4, 0.5) is 0 Å². The smallest absolute Gasteiger partial charge is 0.318 e. The van der Waals surface area contributed by atoms with Gasteiger partial charge < -0.3 is 5.11 Å². The Morgan fingerprint density at radius 2 is 1.90 bits per heavy atom. The number of carboxylic acids is 1. The van der Waals surface area contributed by atoms with E-state index in [0.717, 1.165) is 9.87 Å². The molecule has 0 atom stereocenters. The number of aliphatic carboxylic acids is 1. The van der Waals surface area contributed by atoms with Crippen LogP contribution < -0.4 is 0 Å². The van der Waals surface area contributed by atoms with E-state index in [1.165, 1.54) is 6.07 Å². The van der Waals surface area contributed by atoms with Gasteiger partial charge in [0, 0.05) is 10.0 Å². The molecule has 0 saturated carbocycles. The van der Waals surface area contributed by atoms with E-state index in [0.29, 0.717) is 4.47 Å². The predicted molar refractivity (Wildman–Crippen MR) is 80.2 cm³/mol. The van der Waals surface area contributed by atoms with Crippen LogP contribution in [0.3, 0.4) is 0 Å². The molecule has 0 saturated heterocycles. The summed E-state index contributed by atoms with van der Waals surface area (Å²) in [6, 6.07) is 4.85. The van der Waals surface area contributed by atoms with Gasteiger partial charge in [-0.15, -0.1) is 0 Å². The van der Waals surface area contributed by atoms with Gasteiger partial charge in [-0.3, -0.25) is 4.79 Å². The summed E-state index contributed by atoms with van der Waals surface area (Å²) >= 11 is 3.23. The second-order valence-electron chi connectivity index (χ2n) is 5.51. The molecule has 1 N–H and O–H groups in total. The maximum atomic E-state index is 12.7. The van der Waals surface area contributed by atoms with Gasteiger partial charge in [-0.2, -0.15) is 4.31 Å². The highest BCUT2D eigenvalue weighted by Gasteiger charge is 2.36. The Labute approximate surface area is 127 Å². The Morgan fingerprint density at radius 1 is 1.35 bits per heavy atom. The van der Waals surface area contributed by atoms with Gasteiger partial charge in [-0.1, -0.05) is 6.07 Å². The van der Waals surface area contributed by atoms with Crippen LogP contribution in [0, 0.1) is 6.92 Å². The van der Waals surface area contributed by atoms with Crippen LogP contribution in [0.25, 0.3) is 0 Å². The fourth-order valence-electron chi connectivity index (χ4n) is 1.74. The molecule has 0 aliphatic rings. The molecule has 0 amide bonds. The van der Waals surface area contributed by atoms with Crippen LogP contribution in [0.2, 0.25) is 0 Å². The maximum Gasteiger partial charge on any atom is 0.318 e. The number of carbonyl (C=O) groups is 1. The van der Waals surface area contributed by atoms with Gasteiger partial charge >= 0.3 is 5.97 Å². The third-order valence-corrected chi connectivity index (χ3v) is 5.77. The van der Waals surface area contributed by atoms with Crippen molar-refractivity contribution in [1.29, 1.82) is 0 Å². The largest absolute Gasteiger partial charge is 0.480 e. The quantitative estimate of drug-likeness (QED) is 0.891. The molecule has 0 radical (unpaired) electrons. The zero-order chi connectivity index (χ0) is 15.7. The van der Waals surface area contributed by atoms with Crippen LogP contribution in [0.1, 0.15) is 26.3 Å². The Bertz CT molecular complexity index is 620. The highest BCUT2D eigenvalue weighted by atomic mass is 79.9. The van der Waals surface area contributed by atoms with Crippen molar-refractivity contribution >= 4 is 31.9 Å². The molecule has 0 aliphatic heterocycles. The highest BCUT2D eigenvalue weighted by Crippen LogP contribution is 2.29. The Kier molecular flexibility index (Phi) is 4.99. The lowest BCUT2D eigenvalue weighted by Gasteiger charge is -2.33. The summed E-state index contributed by atoms with van der Waals surface area (Å²) in [5, 5.41) is 8.95. The van der Waals surface area contributed by atoms with E-state index < -0.39 is 28.1 Å². The van der Waals surface area contributed by atoms with Crippen molar-refractivity contribution < 1.29 is 18.3 Å². The van der Waals surface area contributed by atoms with Gasteiger partial charge in [0.25, 0.3) is 0 Å².